The van der Waals surface area contributed by atoms with Crippen LogP contribution in [0.5, 0.6) is 0 Å². The summed E-state index contributed by atoms with van der Waals surface area (Å²) in [6.07, 6.45) is 5.25. The predicted octanol–water partition coefficient (Wildman–Crippen LogP) is 7.05. The molecule has 0 rings (SSSR count). The smallest absolute Gasteiger partial charge is 0.114 e. The Morgan fingerprint density at radius 3 is 0.827 bits per heavy atom. The van der Waals surface area contributed by atoms with E-state index in [1.807, 2.05) is 159 Å². The molecule has 0 spiro atoms. The molecule has 0 saturated carbocycles. The minimum atomic E-state index is -1.32. The summed E-state index contributed by atoms with van der Waals surface area (Å²) in [4.78, 5) is 0. The molecular weight excluding hydrogens is 1340 g/mol. The average molecular weight is 1520 g/mol. The van der Waals surface area contributed by atoms with Crippen molar-refractivity contribution >= 4 is 0 Å². The summed E-state index contributed by atoms with van der Waals surface area (Å²) in [6, 6.07) is 0. The fraction of sp³-hybridized carbons (Fsp3) is 1.00. The highest BCUT2D eigenvalue weighted by Gasteiger charge is 2.38. The van der Waals surface area contributed by atoms with Gasteiger partial charge in [0.25, 0.3) is 0 Å². The van der Waals surface area contributed by atoms with Crippen molar-refractivity contribution in [2.45, 2.75) is 402 Å². The van der Waals surface area contributed by atoms with E-state index >= 15 is 0 Å². The van der Waals surface area contributed by atoms with Crippen LogP contribution >= 0.6 is 0 Å². The van der Waals surface area contributed by atoms with Crippen molar-refractivity contribution in [3.8, 4) is 0 Å². The molecule has 18 unspecified atom stereocenters. The van der Waals surface area contributed by atoms with E-state index in [1.165, 1.54) is 0 Å². The molecule has 640 valence electrons. The summed E-state index contributed by atoms with van der Waals surface area (Å²) < 4.78 is 0. The van der Waals surface area contributed by atoms with Gasteiger partial charge in [0, 0.05) is 31.3 Å². The van der Waals surface area contributed by atoms with Crippen molar-refractivity contribution in [1.29, 1.82) is 0 Å². The van der Waals surface area contributed by atoms with Crippen LogP contribution in [0.2, 0.25) is 0 Å². The first kappa shape index (κ1) is 119. The second kappa shape index (κ2) is 66.6. The first-order valence-electron chi connectivity index (χ1n) is 39.8. The Morgan fingerprint density at radius 1 is 0.269 bits per heavy atom. The Morgan fingerprint density at radius 2 is 0.596 bits per heavy atom. The van der Waals surface area contributed by atoms with Gasteiger partial charge in [-0.05, 0) is 150 Å². The van der Waals surface area contributed by atoms with E-state index in [9.17, 15) is 81.7 Å². The summed E-state index contributed by atoms with van der Waals surface area (Å²) in [5.74, 6) is 2.06. The lowest BCUT2D eigenvalue weighted by Crippen LogP contribution is -2.46. The van der Waals surface area contributed by atoms with Crippen LogP contribution in [0.15, 0.2) is 0 Å². The molecule has 24 heteroatoms. The van der Waals surface area contributed by atoms with E-state index in [-0.39, 0.29) is 83.5 Å². The van der Waals surface area contributed by atoms with Crippen molar-refractivity contribution in [3.05, 3.63) is 0 Å². The van der Waals surface area contributed by atoms with Gasteiger partial charge in [-0.25, -0.2) is 0 Å². The highest BCUT2D eigenvalue weighted by molar-refractivity contribution is 4.90. The van der Waals surface area contributed by atoms with Crippen LogP contribution in [0, 0.1) is 59.2 Å². The van der Waals surface area contributed by atoms with E-state index < -0.39 is 101 Å². The van der Waals surface area contributed by atoms with Crippen LogP contribution in [0.3, 0.4) is 0 Å². The number of hydrogen-bond donors (Lipinski definition) is 24. The normalized spacial score (nSPS) is 18.7. The van der Waals surface area contributed by atoms with E-state index in [0.717, 1.165) is 25.7 Å². The largest absolute Gasteiger partial charge is 0.396 e. The molecule has 0 amide bonds. The molecule has 18 atom stereocenters. The fourth-order valence-electron chi connectivity index (χ4n) is 11.8. The molecule has 0 radical (unpaired) electrons. The SMILES string of the molecule is CCC(CO)C(O)C(O)CC(C)C.CCC(O)(CO)CC(O)CC(C)C.CCC(O)C(CO)C(O)CC(C)C.CCC(O)CC(O)(CO)CC(C)C.CCCC(O)(CO)C(O)CC(C)C.CCCC(O)(CO)C(O)CC(C)C.CCCC(O)C(O)(CO)CC(C)C.CCCC(O)C(O)(CO)CC(C)C. The number of rotatable bonds is 48. The van der Waals surface area contributed by atoms with Gasteiger partial charge in [-0.1, -0.05) is 192 Å². The van der Waals surface area contributed by atoms with Crippen LogP contribution in [0.25, 0.3) is 0 Å². The molecular formula is C80H176O24. The summed E-state index contributed by atoms with van der Waals surface area (Å²) in [6.45, 7) is 44.7. The van der Waals surface area contributed by atoms with Crippen molar-refractivity contribution in [1.82, 2.24) is 0 Å². The predicted molar refractivity (Wildman–Crippen MR) is 419 cm³/mol. The summed E-state index contributed by atoms with van der Waals surface area (Å²) in [5, 5.41) is 227. The third-order valence-electron chi connectivity index (χ3n) is 18.1. The molecule has 104 heavy (non-hydrogen) atoms. The Labute approximate surface area is 634 Å². The summed E-state index contributed by atoms with van der Waals surface area (Å²) >= 11 is 0. The Balaban J connectivity index is -0.000000169. The molecule has 0 fully saturated rings. The minimum absolute atomic E-state index is 0.0627. The first-order valence-corrected chi connectivity index (χ1v) is 39.8. The zero-order valence-corrected chi connectivity index (χ0v) is 70.5. The molecule has 0 heterocycles. The van der Waals surface area contributed by atoms with Crippen molar-refractivity contribution in [2.24, 2.45) is 59.2 Å². The van der Waals surface area contributed by atoms with Gasteiger partial charge < -0.3 is 123 Å². The monoisotopic (exact) mass is 1520 g/mol. The summed E-state index contributed by atoms with van der Waals surface area (Å²) in [5.41, 5.74) is -7.45. The number of aliphatic hydroxyl groups excluding tert-OH is 18. The zero-order valence-electron chi connectivity index (χ0n) is 70.5. The Hall–Kier alpha value is -0.960. The van der Waals surface area contributed by atoms with Crippen LogP contribution in [0.4, 0.5) is 0 Å². The maximum atomic E-state index is 9.89. The van der Waals surface area contributed by atoms with E-state index in [1.54, 1.807) is 6.92 Å². The second-order valence-electron chi connectivity index (χ2n) is 33.2. The summed E-state index contributed by atoms with van der Waals surface area (Å²) in [7, 11) is 0. The number of hydrogen-bond acceptors (Lipinski definition) is 24. The lowest BCUT2D eigenvalue weighted by molar-refractivity contribution is -0.118. The fourth-order valence-corrected chi connectivity index (χ4v) is 11.8. The van der Waals surface area contributed by atoms with Crippen molar-refractivity contribution < 1.29 is 123 Å². The Kier molecular flexibility index (Phi) is 76.1. The molecule has 0 aliphatic carbocycles. The van der Waals surface area contributed by atoms with Crippen LogP contribution in [0.1, 0.15) is 307 Å². The van der Waals surface area contributed by atoms with Gasteiger partial charge in [0.05, 0.1) is 118 Å². The molecule has 0 bridgehead atoms. The third-order valence-corrected chi connectivity index (χ3v) is 18.1. The van der Waals surface area contributed by atoms with Gasteiger partial charge in [0.15, 0.2) is 0 Å². The Bertz CT molecular complexity index is 1750. The molecule has 0 aromatic carbocycles. The van der Waals surface area contributed by atoms with E-state index in [0.29, 0.717) is 138 Å². The highest BCUT2D eigenvalue weighted by atomic mass is 16.4. The topological polar surface area (TPSA) is 486 Å². The standard InChI is InChI=1S/8C10H22O3/c1-4-10(13,7-11)6-9(12)5-8(2)3;1-4-9(12)6-10(13,7-11)5-8(2)3;1-4-9(12)8(6-11)10(13)5-7(2)3;1-4-8(6-11)10(13)9(12)5-7(2)3;2*1-4-5-10(13,7-11)9(12)6-8(2)3;2*1-4-5-9(12)10(13,7-11)6-8(2)3/h2*8-9,11-13H,4-7H2,1-3H3;2*7-13H,4-6H2,1-3H3;4*8-9,11-13H,4-7H2,1-3H3. The third kappa shape index (κ3) is 60.7. The first-order chi connectivity index (χ1) is 47.7. The maximum Gasteiger partial charge on any atom is 0.114 e. The average Bonchev–Trinajstić information content (AvgIpc) is 0.882. The highest BCUT2D eigenvalue weighted by Crippen LogP contribution is 2.28. The minimum Gasteiger partial charge on any atom is -0.396 e. The molecule has 24 N–H and O–H groups in total. The van der Waals surface area contributed by atoms with Gasteiger partial charge in [0.2, 0.25) is 0 Å². The van der Waals surface area contributed by atoms with Crippen LogP contribution < -0.4 is 0 Å². The van der Waals surface area contributed by atoms with E-state index in [4.69, 9.17) is 40.9 Å². The van der Waals surface area contributed by atoms with Crippen molar-refractivity contribution in [3.63, 3.8) is 0 Å². The molecule has 0 aromatic rings. The molecule has 0 aliphatic rings. The van der Waals surface area contributed by atoms with Crippen LogP contribution in [-0.2, 0) is 0 Å². The lowest BCUT2D eigenvalue weighted by atomic mass is 9.86. The maximum absolute atomic E-state index is 9.89. The quantitative estimate of drug-likeness (QED) is 0.0290. The van der Waals surface area contributed by atoms with Crippen molar-refractivity contribution in [2.75, 3.05) is 52.9 Å². The molecule has 0 aromatic heterocycles. The lowest BCUT2D eigenvalue weighted by Gasteiger charge is -2.32. The van der Waals surface area contributed by atoms with Gasteiger partial charge in [-0.2, -0.15) is 0 Å². The number of aliphatic hydroxyl groups is 24. The second-order valence-corrected chi connectivity index (χ2v) is 33.2. The van der Waals surface area contributed by atoms with Gasteiger partial charge in [-0.15, -0.1) is 0 Å². The van der Waals surface area contributed by atoms with Gasteiger partial charge in [-0.3, -0.25) is 0 Å². The zero-order chi connectivity index (χ0) is 83.8. The van der Waals surface area contributed by atoms with E-state index in [2.05, 4.69) is 0 Å². The molecule has 0 saturated heterocycles. The molecule has 24 nitrogen and oxygen atoms in total. The van der Waals surface area contributed by atoms with Gasteiger partial charge in [0.1, 0.15) is 22.4 Å². The van der Waals surface area contributed by atoms with Crippen LogP contribution in [-0.4, -0.2) is 270 Å². The molecule has 0 aliphatic heterocycles. The van der Waals surface area contributed by atoms with Gasteiger partial charge >= 0.3 is 0 Å².